The molecule has 3 nitrogen and oxygen atoms in total. The minimum absolute atomic E-state index is 0. The zero-order valence-corrected chi connectivity index (χ0v) is 15.0. The number of aliphatic imine (C=N–C) groups is 1. The van der Waals surface area contributed by atoms with Crippen LogP contribution < -0.4 is 5.32 Å². The van der Waals surface area contributed by atoms with Gasteiger partial charge in [-0.1, -0.05) is 6.07 Å². The third-order valence-electron chi connectivity index (χ3n) is 4.19. The molecule has 0 radical (unpaired) electrons. The largest absolute Gasteiger partial charge is 0.353 e. The molecule has 1 aromatic carbocycles. The second-order valence-electron chi connectivity index (χ2n) is 5.72. The van der Waals surface area contributed by atoms with Gasteiger partial charge in [-0.15, -0.1) is 24.0 Å². The number of hydrogen-bond acceptors (Lipinski definition) is 1. The van der Waals surface area contributed by atoms with Gasteiger partial charge in [0.1, 0.15) is 11.6 Å². The zero-order valence-electron chi connectivity index (χ0n) is 12.7. The van der Waals surface area contributed by atoms with E-state index < -0.39 is 11.6 Å². The van der Waals surface area contributed by atoms with Crippen molar-refractivity contribution in [2.75, 3.05) is 19.6 Å². The number of rotatable bonds is 3. The first-order chi connectivity index (χ1) is 10.2. The van der Waals surface area contributed by atoms with E-state index in [1.54, 1.807) is 0 Å². The van der Waals surface area contributed by atoms with E-state index in [0.29, 0.717) is 6.54 Å². The van der Waals surface area contributed by atoms with E-state index in [4.69, 9.17) is 0 Å². The molecule has 1 N–H and O–H groups in total. The number of halogens is 3. The van der Waals surface area contributed by atoms with Gasteiger partial charge in [-0.2, -0.15) is 0 Å². The van der Waals surface area contributed by atoms with E-state index in [1.807, 2.05) is 6.92 Å². The molecule has 0 amide bonds. The predicted molar refractivity (Wildman–Crippen MR) is 94.8 cm³/mol. The van der Waals surface area contributed by atoms with Gasteiger partial charge in [0.25, 0.3) is 0 Å². The van der Waals surface area contributed by atoms with Crippen molar-refractivity contribution in [1.29, 1.82) is 0 Å². The molecule has 1 saturated carbocycles. The van der Waals surface area contributed by atoms with E-state index in [9.17, 15) is 8.78 Å². The first-order valence-corrected chi connectivity index (χ1v) is 7.70. The minimum Gasteiger partial charge on any atom is -0.353 e. The lowest BCUT2D eigenvalue weighted by atomic mass is 10.1. The summed E-state index contributed by atoms with van der Waals surface area (Å²) in [5.41, 5.74) is 0.215. The summed E-state index contributed by atoms with van der Waals surface area (Å²) in [5.74, 6) is -0.0889. The van der Waals surface area contributed by atoms with Gasteiger partial charge in [-0.25, -0.2) is 8.78 Å². The van der Waals surface area contributed by atoms with E-state index in [-0.39, 0.29) is 41.5 Å². The number of guanidine groups is 1. The molecule has 1 aliphatic carbocycles. The lowest BCUT2D eigenvalue weighted by Gasteiger charge is -2.21. The molecule has 2 unspecified atom stereocenters. The smallest absolute Gasteiger partial charge is 0.194 e. The average Bonchev–Trinajstić information content (AvgIpc) is 3.00. The van der Waals surface area contributed by atoms with Crippen molar-refractivity contribution >= 4 is 29.9 Å². The summed E-state index contributed by atoms with van der Waals surface area (Å²) >= 11 is 0. The SMILES string of the molecule is CCN=C(NC1CC1c1c(F)cccc1F)N1CCCC1.I. The van der Waals surface area contributed by atoms with Crippen molar-refractivity contribution in [1.82, 2.24) is 10.2 Å². The van der Waals surface area contributed by atoms with E-state index in [1.165, 1.54) is 31.0 Å². The standard InChI is InChI=1S/C16H21F2N3.HI/c1-2-19-16(21-8-3-4-9-21)20-14-10-11(14)15-12(17)6-5-7-13(15)18;/h5-7,11,14H,2-4,8-10H2,1H3,(H,19,20);1H. The molecule has 0 aromatic heterocycles. The Morgan fingerprint density at radius 3 is 2.50 bits per heavy atom. The second kappa shape index (κ2) is 7.57. The average molecular weight is 421 g/mol. The molecule has 1 saturated heterocycles. The minimum atomic E-state index is -0.445. The van der Waals surface area contributed by atoms with Gasteiger partial charge in [-0.05, 0) is 38.3 Å². The lowest BCUT2D eigenvalue weighted by molar-refractivity contribution is 0.489. The topological polar surface area (TPSA) is 27.6 Å². The second-order valence-corrected chi connectivity index (χ2v) is 5.72. The van der Waals surface area contributed by atoms with Crippen molar-refractivity contribution in [3.8, 4) is 0 Å². The first-order valence-electron chi connectivity index (χ1n) is 7.70. The van der Waals surface area contributed by atoms with Crippen LogP contribution in [0.3, 0.4) is 0 Å². The zero-order chi connectivity index (χ0) is 14.8. The fraction of sp³-hybridized carbons (Fsp3) is 0.562. The van der Waals surface area contributed by atoms with Crippen molar-refractivity contribution < 1.29 is 8.78 Å². The molecule has 22 heavy (non-hydrogen) atoms. The fourth-order valence-corrected chi connectivity index (χ4v) is 3.02. The molecule has 6 heteroatoms. The van der Waals surface area contributed by atoms with Crippen LogP contribution in [0.4, 0.5) is 8.78 Å². The molecular formula is C16H22F2IN3. The van der Waals surface area contributed by atoms with Crippen LogP contribution in [0.2, 0.25) is 0 Å². The normalized spacial score (nSPS) is 24.1. The van der Waals surface area contributed by atoms with Crippen LogP contribution >= 0.6 is 24.0 Å². The number of nitrogens with zero attached hydrogens (tertiary/aromatic N) is 2. The third-order valence-corrected chi connectivity index (χ3v) is 4.19. The summed E-state index contributed by atoms with van der Waals surface area (Å²) < 4.78 is 27.6. The monoisotopic (exact) mass is 421 g/mol. The van der Waals surface area contributed by atoms with Gasteiger partial charge >= 0.3 is 0 Å². The maximum absolute atomic E-state index is 13.8. The highest BCUT2D eigenvalue weighted by Crippen LogP contribution is 2.43. The molecule has 3 rings (SSSR count). The van der Waals surface area contributed by atoms with Gasteiger partial charge in [0, 0.05) is 37.2 Å². The Morgan fingerprint density at radius 1 is 1.27 bits per heavy atom. The lowest BCUT2D eigenvalue weighted by Crippen LogP contribution is -2.41. The molecule has 2 fully saturated rings. The van der Waals surface area contributed by atoms with Crippen LogP contribution in [0, 0.1) is 11.6 Å². The Labute approximate surface area is 147 Å². The van der Waals surface area contributed by atoms with E-state index in [2.05, 4.69) is 15.2 Å². The molecule has 0 bridgehead atoms. The molecule has 2 atom stereocenters. The Kier molecular flexibility index (Phi) is 6.00. The molecule has 1 aromatic rings. The maximum atomic E-state index is 13.8. The van der Waals surface area contributed by atoms with Gasteiger partial charge in [0.2, 0.25) is 0 Å². The highest BCUT2D eigenvalue weighted by Gasteiger charge is 2.42. The van der Waals surface area contributed by atoms with Crippen LogP contribution in [0.25, 0.3) is 0 Å². The number of hydrogen-bond donors (Lipinski definition) is 1. The number of benzene rings is 1. The van der Waals surface area contributed by atoms with Crippen LogP contribution in [0.1, 0.15) is 37.7 Å². The van der Waals surface area contributed by atoms with Gasteiger partial charge < -0.3 is 10.2 Å². The van der Waals surface area contributed by atoms with Crippen LogP contribution in [0.5, 0.6) is 0 Å². The molecule has 1 heterocycles. The van der Waals surface area contributed by atoms with Gasteiger partial charge in [0.15, 0.2) is 5.96 Å². The predicted octanol–water partition coefficient (Wildman–Crippen LogP) is 3.50. The van der Waals surface area contributed by atoms with Gasteiger partial charge in [-0.3, -0.25) is 4.99 Å². The summed E-state index contributed by atoms with van der Waals surface area (Å²) in [6, 6.07) is 4.15. The highest BCUT2D eigenvalue weighted by molar-refractivity contribution is 14.0. The fourth-order valence-electron chi connectivity index (χ4n) is 3.02. The summed E-state index contributed by atoms with van der Waals surface area (Å²) in [4.78, 5) is 6.74. The Morgan fingerprint density at radius 2 is 1.91 bits per heavy atom. The van der Waals surface area contributed by atoms with Crippen LogP contribution in [-0.4, -0.2) is 36.5 Å². The Balaban J connectivity index is 0.00000176. The van der Waals surface area contributed by atoms with Crippen molar-refractivity contribution in [2.24, 2.45) is 4.99 Å². The van der Waals surface area contributed by atoms with E-state index >= 15 is 0 Å². The van der Waals surface area contributed by atoms with Crippen molar-refractivity contribution in [2.45, 2.75) is 38.1 Å². The molecular weight excluding hydrogens is 399 g/mol. The maximum Gasteiger partial charge on any atom is 0.194 e. The Bertz CT molecular complexity index is 524. The summed E-state index contributed by atoms with van der Waals surface area (Å²) in [6.45, 7) is 4.73. The Hall–Kier alpha value is -0.920. The highest BCUT2D eigenvalue weighted by atomic mass is 127. The third kappa shape index (κ3) is 3.70. The molecule has 1 aliphatic heterocycles. The van der Waals surface area contributed by atoms with Crippen LogP contribution in [-0.2, 0) is 0 Å². The van der Waals surface area contributed by atoms with Crippen molar-refractivity contribution in [3.63, 3.8) is 0 Å². The molecule has 0 spiro atoms. The van der Waals surface area contributed by atoms with E-state index in [0.717, 1.165) is 25.5 Å². The van der Waals surface area contributed by atoms with Crippen LogP contribution in [0.15, 0.2) is 23.2 Å². The van der Waals surface area contributed by atoms with Gasteiger partial charge in [0.05, 0.1) is 0 Å². The summed E-state index contributed by atoms with van der Waals surface area (Å²) in [5, 5.41) is 3.38. The molecule has 2 aliphatic rings. The quantitative estimate of drug-likeness (QED) is 0.460. The molecule has 122 valence electrons. The number of nitrogens with one attached hydrogen (secondary N) is 1. The first kappa shape index (κ1) is 17.4. The number of likely N-dealkylation sites (tertiary alicyclic amines) is 1. The van der Waals surface area contributed by atoms with Crippen molar-refractivity contribution in [3.05, 3.63) is 35.4 Å². The summed E-state index contributed by atoms with van der Waals surface area (Å²) in [6.07, 6.45) is 3.12. The summed E-state index contributed by atoms with van der Waals surface area (Å²) in [7, 11) is 0.